The quantitative estimate of drug-likeness (QED) is 0.779. The molecule has 2 N–H and O–H groups in total. The van der Waals surface area contributed by atoms with Gasteiger partial charge in [0.2, 0.25) is 0 Å². The summed E-state index contributed by atoms with van der Waals surface area (Å²) >= 11 is 0. The van der Waals surface area contributed by atoms with Crippen molar-refractivity contribution in [1.29, 1.82) is 0 Å². The Hall–Kier alpha value is -1.02. The molecule has 2 rings (SSSR count). The van der Waals surface area contributed by atoms with E-state index in [1.165, 1.54) is 11.1 Å². The second-order valence-corrected chi connectivity index (χ2v) is 3.82. The molecule has 0 saturated carbocycles. The number of hydrogen-bond donors (Lipinski definition) is 1. The van der Waals surface area contributed by atoms with Crippen LogP contribution in [0.1, 0.15) is 37.4 Å². The molecule has 0 aromatic heterocycles. The van der Waals surface area contributed by atoms with Gasteiger partial charge in [0.05, 0.1) is 6.04 Å². The largest absolute Gasteiger partial charge is 0.488 e. The van der Waals surface area contributed by atoms with Crippen LogP contribution in [0.5, 0.6) is 5.75 Å². The molecule has 76 valence electrons. The SMILES string of the molecule is CCc1ccc2c(c1)C(N)C(CC)O2. The lowest BCUT2D eigenvalue weighted by Gasteiger charge is -2.11. The monoisotopic (exact) mass is 191 g/mol. The van der Waals surface area contributed by atoms with Gasteiger partial charge < -0.3 is 10.5 Å². The lowest BCUT2D eigenvalue weighted by atomic mass is 10.0. The van der Waals surface area contributed by atoms with Gasteiger partial charge in [0, 0.05) is 5.56 Å². The summed E-state index contributed by atoms with van der Waals surface area (Å²) in [4.78, 5) is 0. The second kappa shape index (κ2) is 3.62. The number of fused-ring (bicyclic) bond motifs is 1. The Balaban J connectivity index is 2.35. The molecule has 1 heterocycles. The van der Waals surface area contributed by atoms with Crippen molar-refractivity contribution in [3.05, 3.63) is 29.3 Å². The molecular weight excluding hydrogens is 174 g/mol. The first-order valence-corrected chi connectivity index (χ1v) is 5.31. The number of nitrogens with two attached hydrogens (primary N) is 1. The zero-order valence-electron chi connectivity index (χ0n) is 8.79. The Labute approximate surface area is 85.1 Å². The number of rotatable bonds is 2. The summed E-state index contributed by atoms with van der Waals surface area (Å²) < 4.78 is 5.74. The van der Waals surface area contributed by atoms with Gasteiger partial charge in [0.15, 0.2) is 0 Å². The van der Waals surface area contributed by atoms with Gasteiger partial charge in [0.1, 0.15) is 11.9 Å². The van der Waals surface area contributed by atoms with E-state index in [0.29, 0.717) is 0 Å². The molecule has 1 aliphatic rings. The molecule has 0 radical (unpaired) electrons. The van der Waals surface area contributed by atoms with E-state index in [9.17, 15) is 0 Å². The summed E-state index contributed by atoms with van der Waals surface area (Å²) in [6, 6.07) is 6.39. The van der Waals surface area contributed by atoms with Crippen LogP contribution in [0.3, 0.4) is 0 Å². The molecule has 0 amide bonds. The molecule has 0 spiro atoms. The van der Waals surface area contributed by atoms with E-state index in [2.05, 4.69) is 26.0 Å². The van der Waals surface area contributed by atoms with E-state index in [-0.39, 0.29) is 12.1 Å². The molecule has 2 atom stereocenters. The minimum absolute atomic E-state index is 0.0569. The first kappa shape index (κ1) is 9.53. The molecule has 0 fully saturated rings. The molecule has 2 heteroatoms. The van der Waals surface area contributed by atoms with Crippen molar-refractivity contribution in [2.24, 2.45) is 5.73 Å². The van der Waals surface area contributed by atoms with E-state index in [1.54, 1.807) is 0 Å². The first-order valence-electron chi connectivity index (χ1n) is 5.31. The van der Waals surface area contributed by atoms with Crippen LogP contribution >= 0.6 is 0 Å². The summed E-state index contributed by atoms with van der Waals surface area (Å²) in [5, 5.41) is 0. The van der Waals surface area contributed by atoms with Crippen LogP contribution in [0.4, 0.5) is 0 Å². The van der Waals surface area contributed by atoms with Gasteiger partial charge in [-0.05, 0) is 24.5 Å². The fraction of sp³-hybridized carbons (Fsp3) is 0.500. The maximum absolute atomic E-state index is 6.10. The Morgan fingerprint density at radius 3 is 2.79 bits per heavy atom. The fourth-order valence-corrected chi connectivity index (χ4v) is 1.96. The summed E-state index contributed by atoms with van der Waals surface area (Å²) in [7, 11) is 0. The van der Waals surface area contributed by atoms with Crippen molar-refractivity contribution in [2.75, 3.05) is 0 Å². The van der Waals surface area contributed by atoms with E-state index >= 15 is 0 Å². The minimum atomic E-state index is 0.0569. The van der Waals surface area contributed by atoms with Crippen molar-refractivity contribution in [3.8, 4) is 5.75 Å². The topological polar surface area (TPSA) is 35.2 Å². The van der Waals surface area contributed by atoms with Crippen LogP contribution in [0, 0.1) is 0 Å². The Morgan fingerprint density at radius 1 is 1.36 bits per heavy atom. The molecule has 0 saturated heterocycles. The zero-order chi connectivity index (χ0) is 10.1. The zero-order valence-corrected chi connectivity index (χ0v) is 8.79. The van der Waals surface area contributed by atoms with Gasteiger partial charge in [-0.2, -0.15) is 0 Å². The highest BCUT2D eigenvalue weighted by atomic mass is 16.5. The van der Waals surface area contributed by atoms with Crippen LogP contribution in [-0.4, -0.2) is 6.10 Å². The van der Waals surface area contributed by atoms with Crippen LogP contribution in [-0.2, 0) is 6.42 Å². The smallest absolute Gasteiger partial charge is 0.124 e. The lowest BCUT2D eigenvalue weighted by Crippen LogP contribution is -2.24. The standard InChI is InChI=1S/C12H17NO/c1-3-8-5-6-11-9(7-8)12(13)10(4-2)14-11/h5-7,10,12H,3-4,13H2,1-2H3. The Bertz CT molecular complexity index is 335. The van der Waals surface area contributed by atoms with Crippen molar-refractivity contribution in [2.45, 2.75) is 38.8 Å². The maximum atomic E-state index is 6.10. The van der Waals surface area contributed by atoms with E-state index in [4.69, 9.17) is 10.5 Å². The lowest BCUT2D eigenvalue weighted by molar-refractivity contribution is 0.202. The first-order chi connectivity index (χ1) is 6.76. The number of benzene rings is 1. The summed E-state index contributed by atoms with van der Waals surface area (Å²) in [5.41, 5.74) is 8.61. The van der Waals surface area contributed by atoms with Gasteiger partial charge in [0.25, 0.3) is 0 Å². The van der Waals surface area contributed by atoms with Crippen molar-refractivity contribution >= 4 is 0 Å². The maximum Gasteiger partial charge on any atom is 0.124 e. The molecule has 1 aromatic carbocycles. The summed E-state index contributed by atoms with van der Waals surface area (Å²) in [5.74, 6) is 0.974. The van der Waals surface area contributed by atoms with E-state index in [1.807, 2.05) is 6.07 Å². The average Bonchev–Trinajstić information content (AvgIpc) is 2.55. The highest BCUT2D eigenvalue weighted by molar-refractivity contribution is 5.43. The molecule has 14 heavy (non-hydrogen) atoms. The van der Waals surface area contributed by atoms with Crippen LogP contribution in [0.15, 0.2) is 18.2 Å². The van der Waals surface area contributed by atoms with Gasteiger partial charge >= 0.3 is 0 Å². The van der Waals surface area contributed by atoms with Crippen molar-refractivity contribution in [3.63, 3.8) is 0 Å². The van der Waals surface area contributed by atoms with Gasteiger partial charge in [-0.3, -0.25) is 0 Å². The summed E-state index contributed by atoms with van der Waals surface area (Å²) in [6.45, 7) is 4.26. The Kier molecular flexibility index (Phi) is 2.46. The predicted octanol–water partition coefficient (Wildman–Crippen LogP) is 2.42. The number of aryl methyl sites for hydroxylation is 1. The Morgan fingerprint density at radius 2 is 2.14 bits per heavy atom. The second-order valence-electron chi connectivity index (χ2n) is 3.82. The van der Waals surface area contributed by atoms with Crippen molar-refractivity contribution < 1.29 is 4.74 Å². The average molecular weight is 191 g/mol. The molecule has 0 aliphatic carbocycles. The predicted molar refractivity (Wildman–Crippen MR) is 57.5 cm³/mol. The van der Waals surface area contributed by atoms with Crippen LogP contribution in [0.2, 0.25) is 0 Å². The minimum Gasteiger partial charge on any atom is -0.488 e. The highest BCUT2D eigenvalue weighted by Gasteiger charge is 2.29. The van der Waals surface area contributed by atoms with E-state index < -0.39 is 0 Å². The van der Waals surface area contributed by atoms with Crippen molar-refractivity contribution in [1.82, 2.24) is 0 Å². The third kappa shape index (κ3) is 1.40. The number of ether oxygens (including phenoxy) is 1. The fourth-order valence-electron chi connectivity index (χ4n) is 1.96. The summed E-state index contributed by atoms with van der Waals surface area (Å²) in [6.07, 6.45) is 2.19. The number of hydrogen-bond acceptors (Lipinski definition) is 2. The molecule has 2 unspecified atom stereocenters. The van der Waals surface area contributed by atoms with Gasteiger partial charge in [-0.15, -0.1) is 0 Å². The highest BCUT2D eigenvalue weighted by Crippen LogP contribution is 2.36. The normalized spacial score (nSPS) is 24.5. The molecular formula is C12H17NO. The molecule has 1 aliphatic heterocycles. The third-order valence-corrected chi connectivity index (χ3v) is 2.92. The molecule has 0 bridgehead atoms. The third-order valence-electron chi connectivity index (χ3n) is 2.92. The van der Waals surface area contributed by atoms with Crippen LogP contribution in [0.25, 0.3) is 0 Å². The van der Waals surface area contributed by atoms with Gasteiger partial charge in [-0.1, -0.05) is 26.0 Å². The van der Waals surface area contributed by atoms with E-state index in [0.717, 1.165) is 18.6 Å². The molecule has 2 nitrogen and oxygen atoms in total. The molecule has 1 aromatic rings. The van der Waals surface area contributed by atoms with Gasteiger partial charge in [-0.25, -0.2) is 0 Å². The van der Waals surface area contributed by atoms with Crippen LogP contribution < -0.4 is 10.5 Å².